The van der Waals surface area contributed by atoms with Crippen molar-refractivity contribution in [2.24, 2.45) is 4.99 Å². The summed E-state index contributed by atoms with van der Waals surface area (Å²) in [4.78, 5) is 6.76. The zero-order valence-corrected chi connectivity index (χ0v) is 17.6. The van der Waals surface area contributed by atoms with Gasteiger partial charge in [0.05, 0.1) is 12.0 Å². The summed E-state index contributed by atoms with van der Waals surface area (Å²) in [6, 6.07) is 8.95. The predicted octanol–water partition coefficient (Wildman–Crippen LogP) is 6.53. The van der Waals surface area contributed by atoms with Crippen LogP contribution < -0.4 is 4.74 Å². The lowest BCUT2D eigenvalue weighted by molar-refractivity contribution is 0.466. The molecule has 0 atom stereocenters. The summed E-state index contributed by atoms with van der Waals surface area (Å²) in [6.07, 6.45) is 1.89. The van der Waals surface area contributed by atoms with Crippen molar-refractivity contribution in [3.8, 4) is 11.5 Å². The van der Waals surface area contributed by atoms with Gasteiger partial charge < -0.3 is 9.64 Å². The van der Waals surface area contributed by atoms with Crippen molar-refractivity contribution in [3.05, 3.63) is 52.8 Å². The van der Waals surface area contributed by atoms with Gasteiger partial charge in [-0.25, -0.2) is 9.38 Å². The SMILES string of the molecule is CCN(/C=N\c1cc(C)c(Oc2ccc(F)c(C(C)(C)C)c2)cc1C)CC. The monoisotopic (exact) mass is 370 g/mol. The third-order valence-corrected chi connectivity index (χ3v) is 4.64. The van der Waals surface area contributed by atoms with Crippen LogP contribution in [0.2, 0.25) is 0 Å². The number of nitrogens with zero attached hydrogens (tertiary/aromatic N) is 2. The molecule has 0 radical (unpaired) electrons. The molecule has 0 heterocycles. The standard InChI is InChI=1S/C23H31FN2O/c1-8-26(9-2)15-25-21-12-17(4)22(13-16(21)3)27-18-10-11-20(24)19(14-18)23(5,6)7/h10-15H,8-9H2,1-7H3/b25-15-. The van der Waals surface area contributed by atoms with Gasteiger partial charge >= 0.3 is 0 Å². The number of halogens is 1. The fourth-order valence-corrected chi connectivity index (χ4v) is 2.82. The Balaban J connectivity index is 2.30. The lowest BCUT2D eigenvalue weighted by Crippen LogP contribution is -2.20. The maximum absolute atomic E-state index is 14.1. The molecule has 0 aliphatic carbocycles. The van der Waals surface area contributed by atoms with Crippen LogP contribution in [0.1, 0.15) is 51.3 Å². The van der Waals surface area contributed by atoms with Crippen LogP contribution >= 0.6 is 0 Å². The average molecular weight is 371 g/mol. The predicted molar refractivity (Wildman–Crippen MR) is 112 cm³/mol. The second-order valence-corrected chi connectivity index (χ2v) is 7.86. The Labute approximate surface area is 162 Å². The minimum atomic E-state index is -0.280. The van der Waals surface area contributed by atoms with Gasteiger partial charge in [0.25, 0.3) is 0 Å². The second-order valence-electron chi connectivity index (χ2n) is 7.86. The Morgan fingerprint density at radius 3 is 2.30 bits per heavy atom. The van der Waals surface area contributed by atoms with Crippen molar-refractivity contribution in [2.75, 3.05) is 13.1 Å². The number of rotatable bonds is 6. The van der Waals surface area contributed by atoms with E-state index in [1.54, 1.807) is 12.1 Å². The van der Waals surface area contributed by atoms with E-state index >= 15 is 0 Å². The number of aryl methyl sites for hydroxylation is 2. The van der Waals surface area contributed by atoms with Crippen LogP contribution in [0.3, 0.4) is 0 Å². The molecule has 0 aromatic heterocycles. The van der Waals surface area contributed by atoms with Crippen LogP contribution in [0.5, 0.6) is 11.5 Å². The van der Waals surface area contributed by atoms with Gasteiger partial charge in [-0.2, -0.15) is 0 Å². The van der Waals surface area contributed by atoms with Crippen molar-refractivity contribution in [3.63, 3.8) is 0 Å². The fraction of sp³-hybridized carbons (Fsp3) is 0.435. The fourth-order valence-electron chi connectivity index (χ4n) is 2.82. The largest absolute Gasteiger partial charge is 0.457 e. The quantitative estimate of drug-likeness (QED) is 0.426. The van der Waals surface area contributed by atoms with Crippen molar-refractivity contribution in [1.29, 1.82) is 0 Å². The average Bonchev–Trinajstić information content (AvgIpc) is 2.60. The zero-order valence-electron chi connectivity index (χ0n) is 17.6. The summed E-state index contributed by atoms with van der Waals surface area (Å²) >= 11 is 0. The molecule has 0 spiro atoms. The maximum Gasteiger partial charge on any atom is 0.130 e. The Bertz CT molecular complexity index is 818. The van der Waals surface area contributed by atoms with Gasteiger partial charge in [-0.15, -0.1) is 0 Å². The molecule has 0 unspecified atom stereocenters. The van der Waals surface area contributed by atoms with E-state index in [4.69, 9.17) is 4.74 Å². The molecular weight excluding hydrogens is 339 g/mol. The van der Waals surface area contributed by atoms with Crippen molar-refractivity contribution >= 4 is 12.0 Å². The molecule has 146 valence electrons. The van der Waals surface area contributed by atoms with E-state index in [9.17, 15) is 4.39 Å². The van der Waals surface area contributed by atoms with Crippen LogP contribution in [0.15, 0.2) is 35.3 Å². The summed E-state index contributed by atoms with van der Waals surface area (Å²) < 4.78 is 20.2. The summed E-state index contributed by atoms with van der Waals surface area (Å²) in [5, 5.41) is 0. The number of benzene rings is 2. The van der Waals surface area contributed by atoms with Crippen molar-refractivity contribution in [2.45, 2.75) is 53.9 Å². The Morgan fingerprint density at radius 2 is 1.70 bits per heavy atom. The first-order chi connectivity index (χ1) is 12.7. The lowest BCUT2D eigenvalue weighted by Gasteiger charge is -2.21. The third-order valence-electron chi connectivity index (χ3n) is 4.64. The first-order valence-electron chi connectivity index (χ1n) is 9.53. The highest BCUT2D eigenvalue weighted by atomic mass is 19.1. The van der Waals surface area contributed by atoms with Crippen molar-refractivity contribution in [1.82, 2.24) is 4.90 Å². The van der Waals surface area contributed by atoms with Crippen LogP contribution in [0, 0.1) is 19.7 Å². The van der Waals surface area contributed by atoms with E-state index in [0.717, 1.165) is 35.7 Å². The van der Waals surface area contributed by atoms with Crippen LogP contribution in [0.4, 0.5) is 10.1 Å². The minimum absolute atomic E-state index is 0.205. The van der Waals surface area contributed by atoms with Crippen LogP contribution in [0.25, 0.3) is 0 Å². The molecule has 2 rings (SSSR count). The van der Waals surface area contributed by atoms with Crippen molar-refractivity contribution < 1.29 is 9.13 Å². The first kappa shape index (κ1) is 20.9. The first-order valence-corrected chi connectivity index (χ1v) is 9.53. The zero-order chi connectivity index (χ0) is 20.2. The summed E-state index contributed by atoms with van der Waals surface area (Å²) in [7, 11) is 0. The summed E-state index contributed by atoms with van der Waals surface area (Å²) in [6.45, 7) is 16.1. The molecule has 2 aromatic carbocycles. The minimum Gasteiger partial charge on any atom is -0.457 e. The smallest absolute Gasteiger partial charge is 0.130 e. The van der Waals surface area contributed by atoms with Gasteiger partial charge in [0, 0.05) is 13.1 Å². The third kappa shape index (κ3) is 5.31. The number of aliphatic imine (C=N–C) groups is 1. The highest BCUT2D eigenvalue weighted by Gasteiger charge is 2.19. The van der Waals surface area contributed by atoms with Crippen LogP contribution in [-0.2, 0) is 5.41 Å². The topological polar surface area (TPSA) is 24.8 Å². The molecule has 0 aliphatic heterocycles. The summed E-state index contributed by atoms with van der Waals surface area (Å²) in [5.41, 5.74) is 3.33. The molecule has 0 amide bonds. The van der Waals surface area contributed by atoms with Gasteiger partial charge in [0.2, 0.25) is 0 Å². The number of hydrogen-bond acceptors (Lipinski definition) is 2. The molecule has 0 fully saturated rings. The Morgan fingerprint density at radius 1 is 1.04 bits per heavy atom. The molecule has 3 nitrogen and oxygen atoms in total. The highest BCUT2D eigenvalue weighted by molar-refractivity contribution is 5.65. The van der Waals surface area contributed by atoms with E-state index in [1.807, 2.05) is 53.1 Å². The van der Waals surface area contributed by atoms with E-state index < -0.39 is 0 Å². The summed E-state index contributed by atoms with van der Waals surface area (Å²) in [5.74, 6) is 1.20. The maximum atomic E-state index is 14.1. The normalized spacial score (nSPS) is 11.9. The van der Waals surface area contributed by atoms with E-state index in [2.05, 4.69) is 23.7 Å². The molecule has 4 heteroatoms. The van der Waals surface area contributed by atoms with E-state index in [0.29, 0.717) is 11.3 Å². The Kier molecular flexibility index (Phi) is 6.63. The molecule has 0 saturated carbocycles. The van der Waals surface area contributed by atoms with Gasteiger partial charge in [-0.05, 0) is 80.1 Å². The molecular formula is C23H31FN2O. The number of hydrogen-bond donors (Lipinski definition) is 0. The molecule has 2 aromatic rings. The van der Waals surface area contributed by atoms with Crippen LogP contribution in [-0.4, -0.2) is 24.3 Å². The lowest BCUT2D eigenvalue weighted by atomic mass is 9.86. The highest BCUT2D eigenvalue weighted by Crippen LogP contribution is 2.34. The number of ether oxygens (including phenoxy) is 1. The Hall–Kier alpha value is -2.36. The van der Waals surface area contributed by atoms with Gasteiger partial charge in [0.1, 0.15) is 17.3 Å². The molecule has 0 saturated heterocycles. The van der Waals surface area contributed by atoms with Gasteiger partial charge in [-0.1, -0.05) is 20.8 Å². The molecule has 0 N–H and O–H groups in total. The molecule has 0 aliphatic rings. The molecule has 27 heavy (non-hydrogen) atoms. The second kappa shape index (κ2) is 8.55. The molecule has 0 bridgehead atoms. The van der Waals surface area contributed by atoms with E-state index in [-0.39, 0.29) is 11.2 Å². The van der Waals surface area contributed by atoms with Gasteiger partial charge in [-0.3, -0.25) is 0 Å². The van der Waals surface area contributed by atoms with E-state index in [1.165, 1.54) is 6.07 Å². The van der Waals surface area contributed by atoms with Gasteiger partial charge in [0.15, 0.2) is 0 Å².